The maximum atomic E-state index is 15.2. The lowest BCUT2D eigenvalue weighted by molar-refractivity contribution is -0.137. The van der Waals surface area contributed by atoms with Crippen molar-refractivity contribution >= 4 is 0 Å². The molecule has 3 atom stereocenters. The van der Waals surface area contributed by atoms with E-state index in [9.17, 15) is 22.7 Å². The molecule has 0 amide bonds. The number of alkyl halides is 3. The first-order valence-electron chi connectivity index (χ1n) is 11.3. The normalized spacial score (nSPS) is 29.2. The van der Waals surface area contributed by atoms with Gasteiger partial charge >= 0.3 is 6.18 Å². The van der Waals surface area contributed by atoms with Crippen LogP contribution in [0.5, 0.6) is 5.75 Å². The zero-order chi connectivity index (χ0) is 23.4. The highest BCUT2D eigenvalue weighted by Crippen LogP contribution is 2.55. The van der Waals surface area contributed by atoms with Crippen LogP contribution in [0.25, 0.3) is 0 Å². The fraction of sp³-hybridized carbons (Fsp3) is 0.520. The molecule has 2 N–H and O–H groups in total. The molecular formula is C25H26F5NO2. The van der Waals surface area contributed by atoms with Gasteiger partial charge in [0.05, 0.1) is 5.56 Å². The molecule has 0 radical (unpaired) electrons. The Balaban J connectivity index is 1.53. The molecule has 0 aromatic heterocycles. The van der Waals surface area contributed by atoms with Gasteiger partial charge in [0.25, 0.3) is 0 Å². The second kappa shape index (κ2) is 7.94. The minimum Gasteiger partial charge on any atom is -0.487 e. The molecule has 5 rings (SSSR count). The molecule has 33 heavy (non-hydrogen) atoms. The van der Waals surface area contributed by atoms with Gasteiger partial charge in [-0.1, -0.05) is 12.1 Å². The monoisotopic (exact) mass is 467 g/mol. The topological polar surface area (TPSA) is 41.5 Å². The minimum absolute atomic E-state index is 0.00176. The van der Waals surface area contributed by atoms with Crippen molar-refractivity contribution in [3.05, 3.63) is 64.7 Å². The van der Waals surface area contributed by atoms with E-state index in [4.69, 9.17) is 4.74 Å². The van der Waals surface area contributed by atoms with Gasteiger partial charge in [0.1, 0.15) is 18.0 Å². The quantitative estimate of drug-likeness (QED) is 0.599. The van der Waals surface area contributed by atoms with E-state index in [-0.39, 0.29) is 36.8 Å². The standard InChI is InChI=1S/C25H26F5NO2/c26-19-7-8-20(27)22-21(19)23(11-15-3-5-17(6-4-15)25(28,29)30)10-9-18(31-13-16-1-2-16)12-24(23,32)14-33-22/h3-8,16,18,31-32H,1-2,9-14H2/t18-,23?,24+/m1/s1. The van der Waals surface area contributed by atoms with E-state index in [0.717, 1.165) is 30.8 Å². The van der Waals surface area contributed by atoms with Gasteiger partial charge < -0.3 is 15.2 Å². The summed E-state index contributed by atoms with van der Waals surface area (Å²) >= 11 is 0. The molecule has 1 unspecified atom stereocenters. The van der Waals surface area contributed by atoms with Gasteiger partial charge in [0, 0.05) is 17.0 Å². The summed E-state index contributed by atoms with van der Waals surface area (Å²) in [7, 11) is 0. The van der Waals surface area contributed by atoms with E-state index in [2.05, 4.69) is 5.32 Å². The van der Waals surface area contributed by atoms with E-state index in [0.29, 0.717) is 24.3 Å². The molecule has 2 saturated carbocycles. The van der Waals surface area contributed by atoms with Crippen LogP contribution in [0, 0.1) is 17.6 Å². The molecule has 1 heterocycles. The highest BCUT2D eigenvalue weighted by molar-refractivity contribution is 5.49. The third-order valence-corrected chi connectivity index (χ3v) is 7.57. The van der Waals surface area contributed by atoms with Gasteiger partial charge in [0.15, 0.2) is 11.6 Å². The molecule has 0 bridgehead atoms. The molecule has 3 nitrogen and oxygen atoms in total. The summed E-state index contributed by atoms with van der Waals surface area (Å²) in [4.78, 5) is 0. The van der Waals surface area contributed by atoms with Crippen LogP contribution in [0.2, 0.25) is 0 Å². The number of hydrogen-bond donors (Lipinski definition) is 2. The summed E-state index contributed by atoms with van der Waals surface area (Å²) in [5, 5.41) is 15.4. The molecule has 2 fully saturated rings. The lowest BCUT2D eigenvalue weighted by Gasteiger charge is -2.55. The minimum atomic E-state index is -4.47. The van der Waals surface area contributed by atoms with Gasteiger partial charge in [0.2, 0.25) is 0 Å². The molecule has 178 valence electrons. The molecule has 3 aliphatic rings. The summed E-state index contributed by atoms with van der Waals surface area (Å²) in [5.41, 5.74) is -3.00. The second-order valence-electron chi connectivity index (χ2n) is 9.80. The average Bonchev–Trinajstić information content (AvgIpc) is 3.59. The molecule has 0 spiro atoms. The van der Waals surface area contributed by atoms with Crippen LogP contribution >= 0.6 is 0 Å². The predicted molar refractivity (Wildman–Crippen MR) is 112 cm³/mol. The summed E-state index contributed by atoms with van der Waals surface area (Å²) in [6.45, 7) is 0.649. The van der Waals surface area contributed by atoms with E-state index in [1.165, 1.54) is 25.0 Å². The number of ether oxygens (including phenoxy) is 1. The van der Waals surface area contributed by atoms with Crippen LogP contribution in [0.4, 0.5) is 22.0 Å². The largest absolute Gasteiger partial charge is 0.487 e. The van der Waals surface area contributed by atoms with Crippen molar-refractivity contribution in [1.29, 1.82) is 0 Å². The number of aliphatic hydroxyl groups is 1. The Hall–Kier alpha value is -2.19. The fourth-order valence-corrected chi connectivity index (χ4v) is 5.56. The maximum Gasteiger partial charge on any atom is 0.416 e. The van der Waals surface area contributed by atoms with Crippen LogP contribution in [0.15, 0.2) is 36.4 Å². The number of rotatable bonds is 5. The molecule has 2 aliphatic carbocycles. The van der Waals surface area contributed by atoms with Crippen LogP contribution in [0.1, 0.15) is 48.8 Å². The zero-order valence-corrected chi connectivity index (χ0v) is 18.0. The van der Waals surface area contributed by atoms with Crippen LogP contribution in [-0.4, -0.2) is 29.9 Å². The predicted octanol–water partition coefficient (Wildman–Crippen LogP) is 5.14. The Morgan fingerprint density at radius 2 is 1.70 bits per heavy atom. The summed E-state index contributed by atoms with van der Waals surface area (Å²) in [6.07, 6.45) is -0.757. The molecule has 8 heteroatoms. The first kappa shape index (κ1) is 22.6. The third kappa shape index (κ3) is 4.01. The summed E-state index contributed by atoms with van der Waals surface area (Å²) < 4.78 is 74.5. The molecular weight excluding hydrogens is 441 g/mol. The van der Waals surface area contributed by atoms with E-state index >= 15 is 4.39 Å². The number of fused-ring (bicyclic) bond motifs is 3. The zero-order valence-electron chi connectivity index (χ0n) is 18.0. The van der Waals surface area contributed by atoms with Gasteiger partial charge in [-0.25, -0.2) is 8.78 Å². The van der Waals surface area contributed by atoms with Crippen molar-refractivity contribution in [2.45, 2.75) is 61.8 Å². The van der Waals surface area contributed by atoms with Crippen molar-refractivity contribution in [3.8, 4) is 5.75 Å². The van der Waals surface area contributed by atoms with Crippen LogP contribution in [-0.2, 0) is 18.0 Å². The Bertz CT molecular complexity index is 1040. The molecule has 0 saturated heterocycles. The Labute approximate surface area is 189 Å². The molecule has 2 aromatic carbocycles. The van der Waals surface area contributed by atoms with Crippen LogP contribution < -0.4 is 10.1 Å². The summed E-state index contributed by atoms with van der Waals surface area (Å²) in [5.74, 6) is -0.959. The van der Waals surface area contributed by atoms with Crippen molar-refractivity contribution in [1.82, 2.24) is 5.32 Å². The Morgan fingerprint density at radius 1 is 1.00 bits per heavy atom. The lowest BCUT2D eigenvalue weighted by atomic mass is 9.55. The highest BCUT2D eigenvalue weighted by atomic mass is 19.4. The first-order chi connectivity index (χ1) is 15.6. The fourth-order valence-electron chi connectivity index (χ4n) is 5.56. The lowest BCUT2D eigenvalue weighted by Crippen LogP contribution is -2.65. The van der Waals surface area contributed by atoms with Gasteiger partial charge in [-0.15, -0.1) is 0 Å². The smallest absolute Gasteiger partial charge is 0.416 e. The van der Waals surface area contributed by atoms with Crippen molar-refractivity contribution in [3.63, 3.8) is 0 Å². The Morgan fingerprint density at radius 3 is 2.36 bits per heavy atom. The summed E-state index contributed by atoms with van der Waals surface area (Å²) in [6, 6.07) is 6.68. The van der Waals surface area contributed by atoms with Crippen molar-refractivity contribution in [2.24, 2.45) is 5.92 Å². The van der Waals surface area contributed by atoms with E-state index in [1.807, 2.05) is 0 Å². The maximum absolute atomic E-state index is 15.2. The van der Waals surface area contributed by atoms with Gasteiger partial charge in [-0.3, -0.25) is 0 Å². The van der Waals surface area contributed by atoms with E-state index in [1.54, 1.807) is 0 Å². The SMILES string of the molecule is O[C@@]12COc3c(F)ccc(F)c3C1(Cc1ccc(C(F)(F)F)cc1)CC[C@@H](NCC1CC1)C2. The van der Waals surface area contributed by atoms with Crippen molar-refractivity contribution in [2.75, 3.05) is 13.2 Å². The highest BCUT2D eigenvalue weighted by Gasteiger charge is 2.60. The number of hydrogen-bond acceptors (Lipinski definition) is 3. The molecule has 1 aliphatic heterocycles. The third-order valence-electron chi connectivity index (χ3n) is 7.57. The number of halogens is 5. The average molecular weight is 467 g/mol. The van der Waals surface area contributed by atoms with Crippen LogP contribution in [0.3, 0.4) is 0 Å². The van der Waals surface area contributed by atoms with Gasteiger partial charge in [-0.2, -0.15) is 13.2 Å². The van der Waals surface area contributed by atoms with Gasteiger partial charge in [-0.05, 0) is 80.8 Å². The van der Waals surface area contributed by atoms with E-state index < -0.39 is 34.4 Å². The first-order valence-corrected chi connectivity index (χ1v) is 11.3. The Kier molecular flexibility index (Phi) is 5.44. The van der Waals surface area contributed by atoms with Crippen molar-refractivity contribution < 1.29 is 31.8 Å². The number of benzene rings is 2. The number of nitrogens with one attached hydrogen (secondary N) is 1. The second-order valence-corrected chi connectivity index (χ2v) is 9.80. The molecule has 2 aromatic rings.